The highest BCUT2D eigenvalue weighted by Gasteiger charge is 2.16. The molecule has 0 fully saturated rings. The number of aromatic nitrogens is 2. The van der Waals surface area contributed by atoms with Crippen molar-refractivity contribution in [2.24, 2.45) is 0 Å². The van der Waals surface area contributed by atoms with Crippen molar-refractivity contribution in [3.8, 4) is 0 Å². The van der Waals surface area contributed by atoms with E-state index in [0.717, 1.165) is 6.42 Å². The largest absolute Gasteiger partial charge is 0.385 e. The van der Waals surface area contributed by atoms with E-state index in [1.54, 1.807) is 14.2 Å². The zero-order valence-electron chi connectivity index (χ0n) is 9.61. The summed E-state index contributed by atoms with van der Waals surface area (Å²) in [5.74, 6) is -0.233. The molecule has 1 heterocycles. The first-order chi connectivity index (χ1) is 8.06. The zero-order valence-corrected chi connectivity index (χ0v) is 11.1. The molecule has 0 spiro atoms. The summed E-state index contributed by atoms with van der Waals surface area (Å²) in [6, 6.07) is 1.41. The summed E-state index contributed by atoms with van der Waals surface area (Å²) in [7, 11) is 3.30. The zero-order chi connectivity index (χ0) is 12.8. The molecule has 17 heavy (non-hydrogen) atoms. The molecule has 1 aromatic rings. The lowest BCUT2D eigenvalue weighted by Crippen LogP contribution is -2.28. The number of carbonyl (C=O) groups is 1. The minimum Gasteiger partial charge on any atom is -0.385 e. The molecule has 94 valence electrons. The predicted molar refractivity (Wildman–Crippen MR) is 65.5 cm³/mol. The second-order valence-electron chi connectivity index (χ2n) is 3.44. The first-order valence-electron chi connectivity index (χ1n) is 4.99. The van der Waals surface area contributed by atoms with Gasteiger partial charge in [0.1, 0.15) is 0 Å². The minimum atomic E-state index is -0.233. The van der Waals surface area contributed by atoms with E-state index in [9.17, 15) is 4.79 Å². The van der Waals surface area contributed by atoms with Crippen LogP contribution in [0.2, 0.25) is 10.3 Å². The van der Waals surface area contributed by atoms with E-state index in [2.05, 4.69) is 10.2 Å². The van der Waals surface area contributed by atoms with Gasteiger partial charge in [-0.2, -0.15) is 0 Å². The Hall–Kier alpha value is -0.910. The Bertz CT molecular complexity index is 401. The number of nitrogens with zero attached hydrogens (tertiary/aromatic N) is 3. The maximum atomic E-state index is 12.0. The van der Waals surface area contributed by atoms with Gasteiger partial charge in [-0.05, 0) is 12.5 Å². The molecular formula is C10H13Cl2N3O2. The van der Waals surface area contributed by atoms with Crippen LogP contribution in [0.5, 0.6) is 0 Å². The summed E-state index contributed by atoms with van der Waals surface area (Å²) < 4.78 is 4.91. The van der Waals surface area contributed by atoms with Crippen molar-refractivity contribution in [2.45, 2.75) is 6.42 Å². The first kappa shape index (κ1) is 14.2. The molecule has 0 aromatic carbocycles. The maximum absolute atomic E-state index is 12.0. The molecule has 0 atom stereocenters. The van der Waals surface area contributed by atoms with Crippen LogP contribution in [-0.4, -0.2) is 48.3 Å². The molecule has 7 heteroatoms. The molecule has 1 aromatic heterocycles. The van der Waals surface area contributed by atoms with Gasteiger partial charge in [0.05, 0.1) is 5.56 Å². The van der Waals surface area contributed by atoms with Crippen LogP contribution in [0.15, 0.2) is 6.07 Å². The van der Waals surface area contributed by atoms with Gasteiger partial charge in [-0.1, -0.05) is 23.2 Å². The third kappa shape index (κ3) is 4.11. The number of methoxy groups -OCH3 is 1. The van der Waals surface area contributed by atoms with Gasteiger partial charge in [-0.15, -0.1) is 10.2 Å². The fraction of sp³-hybridized carbons (Fsp3) is 0.500. The van der Waals surface area contributed by atoms with Crippen molar-refractivity contribution in [3.05, 3.63) is 21.9 Å². The summed E-state index contributed by atoms with van der Waals surface area (Å²) >= 11 is 11.5. The molecule has 0 saturated carbocycles. The molecule has 0 saturated heterocycles. The van der Waals surface area contributed by atoms with Crippen molar-refractivity contribution in [2.75, 3.05) is 27.3 Å². The third-order valence-corrected chi connectivity index (χ3v) is 2.60. The molecule has 0 bridgehead atoms. The van der Waals surface area contributed by atoms with E-state index in [0.29, 0.717) is 13.2 Å². The quantitative estimate of drug-likeness (QED) is 0.772. The van der Waals surface area contributed by atoms with E-state index in [1.807, 2.05) is 0 Å². The molecular weight excluding hydrogens is 265 g/mol. The van der Waals surface area contributed by atoms with Crippen molar-refractivity contribution < 1.29 is 9.53 Å². The van der Waals surface area contributed by atoms with Crippen LogP contribution in [-0.2, 0) is 4.74 Å². The Kier molecular flexibility index (Phi) is 5.61. The minimum absolute atomic E-state index is 0.0537. The van der Waals surface area contributed by atoms with Crippen LogP contribution in [0.25, 0.3) is 0 Å². The summed E-state index contributed by atoms with van der Waals surface area (Å²) in [6.07, 6.45) is 0.753. The lowest BCUT2D eigenvalue weighted by Gasteiger charge is -2.17. The number of rotatable bonds is 5. The number of ether oxygens (including phenoxy) is 1. The third-order valence-electron chi connectivity index (χ3n) is 2.14. The van der Waals surface area contributed by atoms with E-state index >= 15 is 0 Å². The predicted octanol–water partition coefficient (Wildman–Crippen LogP) is 1.89. The van der Waals surface area contributed by atoms with E-state index < -0.39 is 0 Å². The molecule has 0 radical (unpaired) electrons. The molecule has 0 aliphatic rings. The Labute approximate surface area is 110 Å². The average molecular weight is 278 g/mol. The van der Waals surface area contributed by atoms with E-state index in [1.165, 1.54) is 11.0 Å². The van der Waals surface area contributed by atoms with Crippen LogP contribution in [0.3, 0.4) is 0 Å². The Balaban J connectivity index is 2.71. The van der Waals surface area contributed by atoms with Crippen molar-refractivity contribution >= 4 is 29.1 Å². The number of amides is 1. The fourth-order valence-corrected chi connectivity index (χ4v) is 1.58. The van der Waals surface area contributed by atoms with Gasteiger partial charge >= 0.3 is 0 Å². The van der Waals surface area contributed by atoms with Crippen LogP contribution in [0, 0.1) is 0 Å². The standard InChI is InChI=1S/C10H13Cl2N3O2/c1-15(4-3-5-17-2)10(16)7-6-8(11)13-14-9(7)12/h6H,3-5H2,1-2H3. The molecule has 0 N–H and O–H groups in total. The highest BCUT2D eigenvalue weighted by molar-refractivity contribution is 6.34. The fourth-order valence-electron chi connectivity index (χ4n) is 1.26. The van der Waals surface area contributed by atoms with Gasteiger partial charge < -0.3 is 9.64 Å². The summed E-state index contributed by atoms with van der Waals surface area (Å²) in [4.78, 5) is 13.5. The molecule has 5 nitrogen and oxygen atoms in total. The summed E-state index contributed by atoms with van der Waals surface area (Å²) in [6.45, 7) is 1.17. The second-order valence-corrected chi connectivity index (χ2v) is 4.19. The van der Waals surface area contributed by atoms with Gasteiger partial charge in [0, 0.05) is 27.3 Å². The number of halogens is 2. The van der Waals surface area contributed by atoms with Gasteiger partial charge in [0.2, 0.25) is 0 Å². The normalized spacial score (nSPS) is 10.4. The highest BCUT2D eigenvalue weighted by Crippen LogP contribution is 2.17. The molecule has 0 aliphatic carbocycles. The molecule has 1 rings (SSSR count). The maximum Gasteiger partial charge on any atom is 0.256 e. The SMILES string of the molecule is COCCCN(C)C(=O)c1cc(Cl)nnc1Cl. The monoisotopic (exact) mass is 277 g/mol. The summed E-state index contributed by atoms with van der Waals surface area (Å²) in [5.41, 5.74) is 0.256. The van der Waals surface area contributed by atoms with Gasteiger partial charge in [0.15, 0.2) is 10.3 Å². The topological polar surface area (TPSA) is 55.3 Å². The van der Waals surface area contributed by atoms with Gasteiger partial charge in [-0.3, -0.25) is 4.79 Å². The van der Waals surface area contributed by atoms with E-state index in [4.69, 9.17) is 27.9 Å². The number of carbonyl (C=O) groups excluding carboxylic acids is 1. The van der Waals surface area contributed by atoms with Crippen LogP contribution >= 0.6 is 23.2 Å². The molecule has 1 amide bonds. The molecule has 0 unspecified atom stereocenters. The smallest absolute Gasteiger partial charge is 0.256 e. The average Bonchev–Trinajstić information content (AvgIpc) is 2.31. The van der Waals surface area contributed by atoms with E-state index in [-0.39, 0.29) is 21.8 Å². The number of hydrogen-bond acceptors (Lipinski definition) is 4. The number of hydrogen-bond donors (Lipinski definition) is 0. The Morgan fingerprint density at radius 2 is 2.18 bits per heavy atom. The lowest BCUT2D eigenvalue weighted by atomic mass is 10.2. The van der Waals surface area contributed by atoms with Crippen molar-refractivity contribution in [3.63, 3.8) is 0 Å². The van der Waals surface area contributed by atoms with Crippen LogP contribution < -0.4 is 0 Å². The van der Waals surface area contributed by atoms with Crippen LogP contribution in [0.1, 0.15) is 16.8 Å². The van der Waals surface area contributed by atoms with Crippen LogP contribution in [0.4, 0.5) is 0 Å². The lowest BCUT2D eigenvalue weighted by molar-refractivity contribution is 0.0779. The van der Waals surface area contributed by atoms with Gasteiger partial charge in [0.25, 0.3) is 5.91 Å². The molecule has 0 aliphatic heterocycles. The second kappa shape index (κ2) is 6.74. The van der Waals surface area contributed by atoms with Crippen molar-refractivity contribution in [1.29, 1.82) is 0 Å². The van der Waals surface area contributed by atoms with Crippen molar-refractivity contribution in [1.82, 2.24) is 15.1 Å². The summed E-state index contributed by atoms with van der Waals surface area (Å²) in [5, 5.41) is 7.33. The first-order valence-corrected chi connectivity index (χ1v) is 5.75. The highest BCUT2D eigenvalue weighted by atomic mass is 35.5. The van der Waals surface area contributed by atoms with Gasteiger partial charge in [-0.25, -0.2) is 0 Å². The Morgan fingerprint density at radius 1 is 1.47 bits per heavy atom. The Morgan fingerprint density at radius 3 is 2.82 bits per heavy atom.